The van der Waals surface area contributed by atoms with Crippen LogP contribution in [0.25, 0.3) is 55.6 Å². The number of nitrogens with zero attached hydrogens (tertiary/aromatic N) is 2. The van der Waals surface area contributed by atoms with Crippen LogP contribution < -0.4 is 4.40 Å². The molecule has 0 bridgehead atoms. The van der Waals surface area contributed by atoms with E-state index in [0.29, 0.717) is 5.92 Å². The molecule has 4 aromatic carbocycles. The number of hydrogen-bond donors (Lipinski definition) is 0. The van der Waals surface area contributed by atoms with Gasteiger partial charge in [-0.2, -0.15) is 0 Å². The summed E-state index contributed by atoms with van der Waals surface area (Å²) in [6, 6.07) is 42.1. The molecular weight excluding hydrogens is 849 g/mol. The number of benzene rings is 4. The first-order chi connectivity index (χ1) is 23.4. The molecule has 0 amide bonds. The Kier molecular flexibility index (Phi) is 11.7. The third-order valence-electron chi connectivity index (χ3n) is 8.82. The normalized spacial score (nSPS) is 11.7. The standard InChI is InChI=1S/C27H22NO.C18H24GeN.Ir/c1-27(2,3)21-13-14-28-24(17-21)20-10-12-25-23(15-20)22-11-9-19(16-26(22)29-25)18-7-5-4-6-8-18;1-14(2)11-16-12-18(15-9-7-6-8-10-15)20-13-17(16)19(3,4)5;/h4-9,11-17H,1-3H3;6-9,12-14H,11H2,1-5H3;/q2*-1;. The molecule has 50 heavy (non-hydrogen) atoms. The summed E-state index contributed by atoms with van der Waals surface area (Å²) in [4.78, 5) is 9.29. The van der Waals surface area contributed by atoms with E-state index in [1.807, 2.05) is 36.5 Å². The molecule has 7 rings (SSSR count). The summed E-state index contributed by atoms with van der Waals surface area (Å²) in [5.74, 6) is 7.99. The fourth-order valence-electron chi connectivity index (χ4n) is 6.20. The molecule has 0 aliphatic rings. The van der Waals surface area contributed by atoms with Crippen LogP contribution in [-0.2, 0) is 31.9 Å². The van der Waals surface area contributed by atoms with Gasteiger partial charge < -0.3 is 9.40 Å². The van der Waals surface area contributed by atoms with Gasteiger partial charge in [0.1, 0.15) is 5.58 Å². The topological polar surface area (TPSA) is 38.9 Å². The molecule has 3 heterocycles. The number of rotatable bonds is 6. The van der Waals surface area contributed by atoms with Crippen molar-refractivity contribution >= 4 is 39.6 Å². The van der Waals surface area contributed by atoms with E-state index in [9.17, 15) is 0 Å². The van der Waals surface area contributed by atoms with Crippen LogP contribution in [0.2, 0.25) is 17.3 Å². The van der Waals surface area contributed by atoms with Crippen LogP contribution in [0.4, 0.5) is 0 Å². The van der Waals surface area contributed by atoms with Crippen LogP contribution in [0.5, 0.6) is 0 Å². The fraction of sp³-hybridized carbons (Fsp3) is 0.244. The molecule has 0 atom stereocenters. The fourth-order valence-corrected chi connectivity index (χ4v) is 9.54. The third-order valence-corrected chi connectivity index (χ3v) is 13.2. The van der Waals surface area contributed by atoms with E-state index in [0.717, 1.165) is 56.4 Å². The van der Waals surface area contributed by atoms with Crippen molar-refractivity contribution < 1.29 is 24.5 Å². The maximum Gasteiger partial charge on any atom is 0 e. The smallest absolute Gasteiger partial charge is 0 e. The molecule has 7 aromatic rings. The van der Waals surface area contributed by atoms with Gasteiger partial charge in [-0.15, -0.1) is 23.8 Å². The molecule has 0 spiro atoms. The molecule has 0 N–H and O–H groups in total. The molecular formula is C45H46GeIrN2O-2. The van der Waals surface area contributed by atoms with Gasteiger partial charge in [0.2, 0.25) is 0 Å². The largest absolute Gasteiger partial charge is 0 e. The van der Waals surface area contributed by atoms with Gasteiger partial charge in [-0.3, -0.25) is 0 Å². The average Bonchev–Trinajstić information content (AvgIpc) is 3.45. The Hall–Kier alpha value is -3.83. The van der Waals surface area contributed by atoms with Crippen LogP contribution in [0, 0.1) is 18.1 Å². The summed E-state index contributed by atoms with van der Waals surface area (Å²) >= 11 is -1.86. The first-order valence-electron chi connectivity index (χ1n) is 17.2. The minimum absolute atomic E-state index is 0. The van der Waals surface area contributed by atoms with Crippen molar-refractivity contribution in [1.82, 2.24) is 9.97 Å². The molecule has 3 nitrogen and oxygen atoms in total. The first-order valence-corrected chi connectivity index (χ1v) is 24.6. The Morgan fingerprint density at radius 3 is 2.14 bits per heavy atom. The maximum absolute atomic E-state index is 6.13. The Morgan fingerprint density at radius 2 is 1.46 bits per heavy atom. The van der Waals surface area contributed by atoms with E-state index in [1.165, 1.54) is 16.7 Å². The molecule has 0 unspecified atom stereocenters. The predicted octanol–water partition coefficient (Wildman–Crippen LogP) is 11.7. The van der Waals surface area contributed by atoms with Crippen LogP contribution in [0.1, 0.15) is 45.7 Å². The minimum Gasteiger partial charge on any atom is 0 e. The van der Waals surface area contributed by atoms with Crippen molar-refractivity contribution in [2.45, 2.75) is 63.7 Å². The summed E-state index contributed by atoms with van der Waals surface area (Å²) in [7, 11) is 0. The van der Waals surface area contributed by atoms with Crippen molar-refractivity contribution in [3.8, 4) is 33.6 Å². The molecule has 0 fully saturated rings. The molecule has 0 aliphatic heterocycles. The number of pyridine rings is 2. The van der Waals surface area contributed by atoms with Crippen molar-refractivity contribution in [3.63, 3.8) is 0 Å². The van der Waals surface area contributed by atoms with E-state index in [4.69, 9.17) is 9.40 Å². The summed E-state index contributed by atoms with van der Waals surface area (Å²) in [6.45, 7) is 11.2. The quantitative estimate of drug-likeness (QED) is 0.123. The van der Waals surface area contributed by atoms with E-state index in [2.05, 4.69) is 148 Å². The average molecular weight is 896 g/mol. The van der Waals surface area contributed by atoms with Gasteiger partial charge in [-0.05, 0) is 39.9 Å². The van der Waals surface area contributed by atoms with Gasteiger partial charge in [0, 0.05) is 31.7 Å². The zero-order chi connectivity index (χ0) is 34.8. The summed E-state index contributed by atoms with van der Waals surface area (Å²) in [5, 5.41) is 2.21. The van der Waals surface area contributed by atoms with E-state index < -0.39 is 13.3 Å². The van der Waals surface area contributed by atoms with Crippen LogP contribution in [0.3, 0.4) is 0 Å². The van der Waals surface area contributed by atoms with Gasteiger partial charge in [0.05, 0.1) is 5.58 Å². The van der Waals surface area contributed by atoms with Gasteiger partial charge in [-0.1, -0.05) is 74.7 Å². The molecule has 5 heteroatoms. The molecule has 257 valence electrons. The van der Waals surface area contributed by atoms with Gasteiger partial charge >= 0.3 is 126 Å². The summed E-state index contributed by atoms with van der Waals surface area (Å²) < 4.78 is 7.67. The number of hydrogen-bond acceptors (Lipinski definition) is 3. The molecule has 0 saturated heterocycles. The van der Waals surface area contributed by atoms with Crippen molar-refractivity contribution in [2.24, 2.45) is 5.92 Å². The van der Waals surface area contributed by atoms with Gasteiger partial charge in [-0.25, -0.2) is 0 Å². The Balaban J connectivity index is 0.000000204. The van der Waals surface area contributed by atoms with Gasteiger partial charge in [0.15, 0.2) is 0 Å². The molecule has 1 radical (unpaired) electrons. The second-order valence-corrected chi connectivity index (χ2v) is 25.9. The second kappa shape index (κ2) is 15.6. The van der Waals surface area contributed by atoms with Crippen molar-refractivity contribution in [2.75, 3.05) is 0 Å². The van der Waals surface area contributed by atoms with Gasteiger partial charge in [0.25, 0.3) is 0 Å². The number of aromatic nitrogens is 2. The van der Waals surface area contributed by atoms with Crippen LogP contribution in [0.15, 0.2) is 120 Å². The van der Waals surface area contributed by atoms with E-state index in [1.54, 1.807) is 4.40 Å². The van der Waals surface area contributed by atoms with Crippen molar-refractivity contribution in [3.05, 3.63) is 139 Å². The van der Waals surface area contributed by atoms with Crippen LogP contribution in [-0.4, -0.2) is 23.2 Å². The summed E-state index contributed by atoms with van der Waals surface area (Å²) in [5.41, 5.74) is 11.0. The molecule has 0 saturated carbocycles. The zero-order valence-electron chi connectivity index (χ0n) is 30.4. The van der Waals surface area contributed by atoms with Crippen molar-refractivity contribution in [1.29, 1.82) is 0 Å². The van der Waals surface area contributed by atoms with Crippen LogP contribution >= 0.6 is 0 Å². The Bertz CT molecular complexity index is 2190. The SMILES string of the molecule is CC(C)(C)c1ccnc(-c2[c-]cc3oc4cc(-c5ccccc5)ccc4c3c2)c1.CC(C)Cc1cc(-c2[c-]cccc2)nc[c]1[Ge]([CH3])([CH3])[CH3].[Ir]. The minimum atomic E-state index is -1.86. The molecule has 0 aliphatic carbocycles. The Labute approximate surface area is 314 Å². The summed E-state index contributed by atoms with van der Waals surface area (Å²) in [6.07, 6.45) is 5.15. The second-order valence-electron chi connectivity index (χ2n) is 15.3. The zero-order valence-corrected chi connectivity index (χ0v) is 34.9. The number of fused-ring (bicyclic) bond motifs is 3. The third kappa shape index (κ3) is 8.72. The van der Waals surface area contributed by atoms with E-state index >= 15 is 0 Å². The maximum atomic E-state index is 6.13. The molecule has 3 aromatic heterocycles. The van der Waals surface area contributed by atoms with E-state index in [-0.39, 0.29) is 25.5 Å². The predicted molar refractivity (Wildman–Crippen MR) is 210 cm³/mol. The Morgan fingerprint density at radius 1 is 0.720 bits per heavy atom. The monoisotopic (exact) mass is 897 g/mol. The first kappa shape index (κ1) is 37.4. The number of furan rings is 1.